The number of aromatic nitrogens is 1. The molecule has 0 bridgehead atoms. The van der Waals surface area contributed by atoms with Crippen LogP contribution in [0.15, 0.2) is 18.3 Å². The summed E-state index contributed by atoms with van der Waals surface area (Å²) in [4.78, 5) is 7.16. The minimum absolute atomic E-state index is 0.784. The normalized spacial score (nSPS) is 26.4. The molecule has 1 aromatic rings. The first-order valence-electron chi connectivity index (χ1n) is 8.31. The van der Waals surface area contributed by atoms with Crippen LogP contribution in [0.5, 0.6) is 0 Å². The minimum Gasteiger partial charge on any atom is -0.368 e. The van der Waals surface area contributed by atoms with E-state index in [0.29, 0.717) is 0 Å². The molecule has 3 nitrogen and oxygen atoms in total. The van der Waals surface area contributed by atoms with Gasteiger partial charge in [-0.1, -0.05) is 19.8 Å². The van der Waals surface area contributed by atoms with Gasteiger partial charge in [-0.25, -0.2) is 0 Å². The molecule has 2 aliphatic rings. The fourth-order valence-electron chi connectivity index (χ4n) is 3.94. The average Bonchev–Trinajstić information content (AvgIpc) is 2.52. The molecule has 3 heteroatoms. The lowest BCUT2D eigenvalue weighted by Crippen LogP contribution is -2.47. The van der Waals surface area contributed by atoms with E-state index in [0.717, 1.165) is 25.0 Å². The molecule has 0 radical (unpaired) electrons. The summed E-state index contributed by atoms with van der Waals surface area (Å²) in [7, 11) is 0. The van der Waals surface area contributed by atoms with Gasteiger partial charge in [-0.3, -0.25) is 4.98 Å². The largest absolute Gasteiger partial charge is 0.368 e. The first kappa shape index (κ1) is 13.9. The third-order valence-corrected chi connectivity index (χ3v) is 4.93. The Morgan fingerprint density at radius 1 is 1.25 bits per heavy atom. The number of hydrogen-bond donors (Lipinski definition) is 1. The monoisotopic (exact) mass is 273 g/mol. The van der Waals surface area contributed by atoms with Crippen LogP contribution in [0.4, 0.5) is 5.69 Å². The quantitative estimate of drug-likeness (QED) is 0.912. The summed E-state index contributed by atoms with van der Waals surface area (Å²) in [5.41, 5.74) is 2.56. The third-order valence-electron chi connectivity index (χ3n) is 4.93. The Kier molecular flexibility index (Phi) is 4.56. The Balaban J connectivity index is 1.76. The van der Waals surface area contributed by atoms with E-state index < -0.39 is 0 Å². The van der Waals surface area contributed by atoms with Crippen LogP contribution < -0.4 is 10.2 Å². The van der Waals surface area contributed by atoms with Crippen molar-refractivity contribution in [2.24, 2.45) is 5.92 Å². The van der Waals surface area contributed by atoms with E-state index in [-0.39, 0.29) is 0 Å². The zero-order valence-corrected chi connectivity index (χ0v) is 12.6. The van der Waals surface area contributed by atoms with Gasteiger partial charge in [-0.05, 0) is 50.3 Å². The van der Waals surface area contributed by atoms with Crippen LogP contribution in [0.25, 0.3) is 0 Å². The van der Waals surface area contributed by atoms with Crippen LogP contribution in [-0.4, -0.2) is 24.1 Å². The van der Waals surface area contributed by atoms with Crippen molar-refractivity contribution >= 4 is 5.69 Å². The lowest BCUT2D eigenvalue weighted by atomic mass is 9.78. The van der Waals surface area contributed by atoms with E-state index in [9.17, 15) is 0 Å². The molecule has 2 heterocycles. The van der Waals surface area contributed by atoms with Crippen molar-refractivity contribution in [3.8, 4) is 0 Å². The van der Waals surface area contributed by atoms with E-state index in [4.69, 9.17) is 0 Å². The fraction of sp³-hybridized carbons (Fsp3) is 0.706. The van der Waals surface area contributed by atoms with Crippen LogP contribution in [0.2, 0.25) is 0 Å². The third kappa shape index (κ3) is 2.98. The van der Waals surface area contributed by atoms with Crippen molar-refractivity contribution in [3.05, 3.63) is 24.0 Å². The first-order valence-corrected chi connectivity index (χ1v) is 8.31. The van der Waals surface area contributed by atoms with Crippen molar-refractivity contribution in [2.75, 3.05) is 18.0 Å². The standard InChI is InChI=1S/C17H27N3/c1-2-18-13-15-12-16(9-10-19-15)20-11-5-7-14-6-3-4-8-17(14)20/h9-10,12,14,17-18H,2-8,11,13H2,1H3/t14-,17-/m1/s1. The van der Waals surface area contributed by atoms with Gasteiger partial charge >= 0.3 is 0 Å². The molecule has 1 saturated carbocycles. The summed E-state index contributed by atoms with van der Waals surface area (Å²) in [6.45, 7) is 5.25. The molecule has 0 amide bonds. The van der Waals surface area contributed by atoms with E-state index in [1.807, 2.05) is 6.20 Å². The highest BCUT2D eigenvalue weighted by atomic mass is 15.2. The number of nitrogens with zero attached hydrogens (tertiary/aromatic N) is 2. The molecule has 20 heavy (non-hydrogen) atoms. The van der Waals surface area contributed by atoms with Gasteiger partial charge in [0.25, 0.3) is 0 Å². The first-order chi connectivity index (χ1) is 9.88. The molecule has 1 aliphatic heterocycles. The number of piperidine rings is 1. The second kappa shape index (κ2) is 6.57. The van der Waals surface area contributed by atoms with Gasteiger partial charge in [0.05, 0.1) is 5.69 Å². The van der Waals surface area contributed by atoms with Crippen LogP contribution in [0.3, 0.4) is 0 Å². The van der Waals surface area contributed by atoms with Crippen molar-refractivity contribution in [2.45, 2.75) is 58.0 Å². The molecule has 2 fully saturated rings. The fourth-order valence-corrected chi connectivity index (χ4v) is 3.94. The van der Waals surface area contributed by atoms with Crippen molar-refractivity contribution < 1.29 is 0 Å². The van der Waals surface area contributed by atoms with Crippen LogP contribution >= 0.6 is 0 Å². The van der Waals surface area contributed by atoms with Gasteiger partial charge in [0.1, 0.15) is 0 Å². The Bertz CT molecular complexity index is 430. The van der Waals surface area contributed by atoms with Gasteiger partial charge in [-0.15, -0.1) is 0 Å². The second-order valence-corrected chi connectivity index (χ2v) is 6.23. The second-order valence-electron chi connectivity index (χ2n) is 6.23. The zero-order valence-electron chi connectivity index (χ0n) is 12.6. The molecule has 1 aromatic heterocycles. The summed E-state index contributed by atoms with van der Waals surface area (Å²) < 4.78 is 0. The van der Waals surface area contributed by atoms with Crippen LogP contribution in [0.1, 0.15) is 51.1 Å². The molecule has 0 spiro atoms. The predicted molar refractivity (Wildman–Crippen MR) is 83.9 cm³/mol. The number of rotatable bonds is 4. The van der Waals surface area contributed by atoms with Crippen molar-refractivity contribution in [3.63, 3.8) is 0 Å². The molecule has 110 valence electrons. The van der Waals surface area contributed by atoms with E-state index >= 15 is 0 Å². The lowest BCUT2D eigenvalue weighted by molar-refractivity contribution is 0.244. The van der Waals surface area contributed by atoms with Crippen LogP contribution in [-0.2, 0) is 6.54 Å². The smallest absolute Gasteiger partial charge is 0.0562 e. The number of nitrogens with one attached hydrogen (secondary N) is 1. The van der Waals surface area contributed by atoms with Gasteiger partial charge in [0.15, 0.2) is 0 Å². The van der Waals surface area contributed by atoms with Crippen molar-refractivity contribution in [1.29, 1.82) is 0 Å². The van der Waals surface area contributed by atoms with E-state index in [1.54, 1.807) is 0 Å². The predicted octanol–water partition coefficient (Wildman–Crippen LogP) is 3.35. The molecule has 2 atom stereocenters. The molecular formula is C17H27N3. The molecule has 1 N–H and O–H groups in total. The molecular weight excluding hydrogens is 246 g/mol. The summed E-state index contributed by atoms with van der Waals surface area (Å²) in [6.07, 6.45) is 10.5. The number of hydrogen-bond acceptors (Lipinski definition) is 3. The highest BCUT2D eigenvalue weighted by Gasteiger charge is 2.33. The maximum atomic E-state index is 4.49. The highest BCUT2D eigenvalue weighted by Crippen LogP contribution is 2.37. The zero-order chi connectivity index (χ0) is 13.8. The number of fused-ring (bicyclic) bond motifs is 1. The molecule has 1 saturated heterocycles. The van der Waals surface area contributed by atoms with Crippen LogP contribution in [0, 0.1) is 5.92 Å². The maximum absolute atomic E-state index is 4.49. The lowest BCUT2D eigenvalue weighted by Gasteiger charge is -2.45. The summed E-state index contributed by atoms with van der Waals surface area (Å²) in [5.74, 6) is 0.933. The van der Waals surface area contributed by atoms with Gasteiger partial charge < -0.3 is 10.2 Å². The summed E-state index contributed by atoms with van der Waals surface area (Å²) in [6, 6.07) is 5.28. The van der Waals surface area contributed by atoms with E-state index in [1.165, 1.54) is 56.5 Å². The number of pyridine rings is 1. The van der Waals surface area contributed by atoms with Crippen molar-refractivity contribution in [1.82, 2.24) is 10.3 Å². The molecule has 0 aromatic carbocycles. The average molecular weight is 273 g/mol. The topological polar surface area (TPSA) is 28.2 Å². The summed E-state index contributed by atoms with van der Waals surface area (Å²) in [5, 5.41) is 3.37. The Morgan fingerprint density at radius 3 is 3.00 bits per heavy atom. The minimum atomic E-state index is 0.784. The maximum Gasteiger partial charge on any atom is 0.0562 e. The van der Waals surface area contributed by atoms with Gasteiger partial charge in [-0.2, -0.15) is 0 Å². The molecule has 3 rings (SSSR count). The van der Waals surface area contributed by atoms with Gasteiger partial charge in [0, 0.05) is 31.0 Å². The molecule has 0 unspecified atom stereocenters. The Hall–Kier alpha value is -1.09. The SMILES string of the molecule is CCNCc1cc(N2CCC[C@H]3CCCC[C@H]32)ccn1. The number of anilines is 1. The Labute approximate surface area is 122 Å². The highest BCUT2D eigenvalue weighted by molar-refractivity contribution is 5.48. The molecule has 1 aliphatic carbocycles. The van der Waals surface area contributed by atoms with Gasteiger partial charge in [0.2, 0.25) is 0 Å². The Morgan fingerprint density at radius 2 is 2.10 bits per heavy atom. The summed E-state index contributed by atoms with van der Waals surface area (Å²) >= 11 is 0. The van der Waals surface area contributed by atoms with E-state index in [2.05, 4.69) is 34.3 Å².